The molecule has 0 aliphatic carbocycles. The monoisotopic (exact) mass is 676 g/mol. The fourth-order valence-electron chi connectivity index (χ4n) is 5.26. The number of hydrogen-bond donors (Lipinski definition) is 6. The van der Waals surface area contributed by atoms with Crippen molar-refractivity contribution >= 4 is 45.9 Å². The van der Waals surface area contributed by atoms with E-state index in [2.05, 4.69) is 20.6 Å². The molecule has 4 aromatic carbocycles. The molecule has 0 unspecified atom stereocenters. The van der Waals surface area contributed by atoms with Crippen molar-refractivity contribution in [2.24, 2.45) is 0 Å². The lowest BCUT2D eigenvalue weighted by Crippen LogP contribution is -2.42. The molecule has 0 radical (unpaired) electrons. The average molecular weight is 677 g/mol. The van der Waals surface area contributed by atoms with Crippen molar-refractivity contribution in [3.8, 4) is 0 Å². The van der Waals surface area contributed by atoms with Gasteiger partial charge in [-0.05, 0) is 34.4 Å². The second-order valence-electron chi connectivity index (χ2n) is 11.3. The molecule has 12 nitrogen and oxygen atoms in total. The number of carbonyl (C=O) groups is 4. The Labute approximate surface area is 287 Å². The molecular weight excluding hydrogens is 640 g/mol. The summed E-state index contributed by atoms with van der Waals surface area (Å²) in [5, 5.41) is 25.5. The molecule has 50 heavy (non-hydrogen) atoms. The molecule has 0 saturated carbocycles. The summed E-state index contributed by atoms with van der Waals surface area (Å²) in [4.78, 5) is 53.0. The molecule has 256 valence electrons. The Kier molecular flexibility index (Phi) is 11.8. The van der Waals surface area contributed by atoms with Crippen LogP contribution in [0.15, 0.2) is 122 Å². The lowest BCUT2D eigenvalue weighted by Gasteiger charge is -2.14. The SMILES string of the molecule is O=C(N[C@@H](Cc1c[nH]c2ccccc12)C(=O)O)OCc1ccccc1.O=C(N[C@@H](Cc1c[nH]c2ccccc12)C(=O)O)OCc1ccccc1. The number of carbonyl (C=O) groups excluding carboxylic acids is 2. The van der Waals surface area contributed by atoms with E-state index >= 15 is 0 Å². The summed E-state index contributed by atoms with van der Waals surface area (Å²) in [7, 11) is 0. The summed E-state index contributed by atoms with van der Waals surface area (Å²) in [6, 6.07) is 31.5. The van der Waals surface area contributed by atoms with Crippen molar-refractivity contribution in [3.63, 3.8) is 0 Å². The first-order chi connectivity index (χ1) is 24.3. The van der Waals surface area contributed by atoms with Crippen LogP contribution in [0.2, 0.25) is 0 Å². The number of para-hydroxylation sites is 2. The average Bonchev–Trinajstić information content (AvgIpc) is 3.74. The van der Waals surface area contributed by atoms with Gasteiger partial charge in [0, 0.05) is 47.0 Å². The summed E-state index contributed by atoms with van der Waals surface area (Å²) in [5.41, 5.74) is 5.17. The summed E-state index contributed by atoms with van der Waals surface area (Å²) in [6.45, 7) is 0.179. The molecule has 6 aromatic rings. The largest absolute Gasteiger partial charge is 0.480 e. The quantitative estimate of drug-likeness (QED) is 0.0888. The number of fused-ring (bicyclic) bond motifs is 2. The van der Waals surface area contributed by atoms with Gasteiger partial charge in [0.2, 0.25) is 0 Å². The number of ether oxygens (including phenoxy) is 2. The maximum Gasteiger partial charge on any atom is 0.408 e. The number of nitrogens with one attached hydrogen (secondary N) is 4. The van der Waals surface area contributed by atoms with Crippen LogP contribution in [0.25, 0.3) is 21.8 Å². The van der Waals surface area contributed by atoms with Crippen molar-refractivity contribution in [1.29, 1.82) is 0 Å². The first-order valence-electron chi connectivity index (χ1n) is 15.8. The minimum Gasteiger partial charge on any atom is -0.480 e. The number of alkyl carbamates (subject to hydrolysis) is 2. The number of benzene rings is 4. The van der Waals surface area contributed by atoms with Gasteiger partial charge in [0.05, 0.1) is 0 Å². The lowest BCUT2D eigenvalue weighted by molar-refractivity contribution is -0.140. The van der Waals surface area contributed by atoms with Crippen LogP contribution in [0.5, 0.6) is 0 Å². The third-order valence-corrected chi connectivity index (χ3v) is 7.80. The lowest BCUT2D eigenvalue weighted by atomic mass is 10.1. The van der Waals surface area contributed by atoms with Crippen LogP contribution >= 0.6 is 0 Å². The number of H-pyrrole nitrogens is 2. The number of amides is 2. The van der Waals surface area contributed by atoms with E-state index in [0.29, 0.717) is 0 Å². The molecule has 2 atom stereocenters. The van der Waals surface area contributed by atoms with E-state index < -0.39 is 36.2 Å². The molecule has 0 fully saturated rings. The fourth-order valence-corrected chi connectivity index (χ4v) is 5.26. The van der Waals surface area contributed by atoms with E-state index in [-0.39, 0.29) is 26.1 Å². The predicted octanol–water partition coefficient (Wildman–Crippen LogP) is 6.18. The van der Waals surface area contributed by atoms with Crippen molar-refractivity contribution in [3.05, 3.63) is 144 Å². The highest BCUT2D eigenvalue weighted by Gasteiger charge is 2.24. The van der Waals surface area contributed by atoms with Crippen LogP contribution in [0.3, 0.4) is 0 Å². The van der Waals surface area contributed by atoms with Crippen molar-refractivity contribution in [1.82, 2.24) is 20.6 Å². The van der Waals surface area contributed by atoms with Gasteiger partial charge in [0.25, 0.3) is 0 Å². The molecule has 2 amide bonds. The van der Waals surface area contributed by atoms with Crippen molar-refractivity contribution in [2.75, 3.05) is 0 Å². The molecule has 12 heteroatoms. The van der Waals surface area contributed by atoms with Crippen LogP contribution in [-0.4, -0.2) is 56.4 Å². The Morgan fingerprint density at radius 1 is 0.540 bits per heavy atom. The van der Waals surface area contributed by atoms with Crippen molar-refractivity contribution in [2.45, 2.75) is 38.1 Å². The smallest absolute Gasteiger partial charge is 0.408 e. The Bertz CT molecular complexity index is 1890. The Hall–Kier alpha value is -6.56. The topological polar surface area (TPSA) is 183 Å². The molecule has 0 aliphatic heterocycles. The maximum absolute atomic E-state index is 11.9. The van der Waals surface area contributed by atoms with Crippen molar-refractivity contribution < 1.29 is 38.9 Å². The Balaban J connectivity index is 0.000000194. The van der Waals surface area contributed by atoms with Gasteiger partial charge in [0.15, 0.2) is 0 Å². The van der Waals surface area contributed by atoms with Crippen LogP contribution in [-0.2, 0) is 45.1 Å². The first-order valence-corrected chi connectivity index (χ1v) is 15.8. The summed E-state index contributed by atoms with van der Waals surface area (Å²) in [6.07, 6.45) is 2.35. The number of hydrogen-bond acceptors (Lipinski definition) is 6. The molecular formula is C38H36N4O8. The molecule has 0 spiro atoms. The van der Waals surface area contributed by atoms with Crippen LogP contribution < -0.4 is 10.6 Å². The predicted molar refractivity (Wildman–Crippen MR) is 186 cm³/mol. The van der Waals surface area contributed by atoms with Gasteiger partial charge in [-0.2, -0.15) is 0 Å². The van der Waals surface area contributed by atoms with Crippen LogP contribution in [0.1, 0.15) is 22.3 Å². The third kappa shape index (κ3) is 9.73. The number of aromatic amines is 2. The molecule has 2 heterocycles. The summed E-state index contributed by atoms with van der Waals surface area (Å²) in [5.74, 6) is -2.22. The number of aromatic nitrogens is 2. The van der Waals surface area contributed by atoms with E-state index in [1.807, 2.05) is 109 Å². The number of aliphatic carboxylic acids is 2. The standard InChI is InChI=1S/2C19H18N2O4/c2*22-18(23)17(10-14-11-20-16-9-5-4-8-15(14)16)21-19(24)25-12-13-6-2-1-3-7-13/h2*1-9,11,17,20H,10,12H2,(H,21,24)(H,22,23)/t2*17-/m00/s1. The third-order valence-electron chi connectivity index (χ3n) is 7.80. The molecule has 0 bridgehead atoms. The summed E-state index contributed by atoms with van der Waals surface area (Å²) >= 11 is 0. The molecule has 0 saturated heterocycles. The van der Waals surface area contributed by atoms with Gasteiger partial charge >= 0.3 is 24.1 Å². The van der Waals surface area contributed by atoms with E-state index in [0.717, 1.165) is 44.1 Å². The second kappa shape index (κ2) is 17.0. The summed E-state index contributed by atoms with van der Waals surface area (Å²) < 4.78 is 10.2. The molecule has 0 aliphatic rings. The number of carboxylic acids is 2. The number of rotatable bonds is 12. The zero-order valence-electron chi connectivity index (χ0n) is 26.9. The minimum absolute atomic E-state index is 0.0894. The zero-order valence-corrected chi connectivity index (χ0v) is 26.9. The highest BCUT2D eigenvalue weighted by Crippen LogP contribution is 2.20. The van der Waals surface area contributed by atoms with Gasteiger partial charge < -0.3 is 40.3 Å². The second-order valence-corrected chi connectivity index (χ2v) is 11.3. The van der Waals surface area contributed by atoms with Gasteiger partial charge in [-0.3, -0.25) is 0 Å². The van der Waals surface area contributed by atoms with E-state index in [4.69, 9.17) is 9.47 Å². The molecule has 2 aromatic heterocycles. The Morgan fingerprint density at radius 3 is 1.28 bits per heavy atom. The van der Waals surface area contributed by atoms with Gasteiger partial charge in [-0.1, -0.05) is 97.1 Å². The Morgan fingerprint density at radius 2 is 0.900 bits per heavy atom. The molecule has 6 N–H and O–H groups in total. The van der Waals surface area contributed by atoms with Crippen LogP contribution in [0.4, 0.5) is 9.59 Å². The highest BCUT2D eigenvalue weighted by molar-refractivity contribution is 5.86. The van der Waals surface area contributed by atoms with E-state index in [1.165, 1.54) is 0 Å². The fraction of sp³-hybridized carbons (Fsp3) is 0.158. The first kappa shape index (κ1) is 34.8. The maximum atomic E-state index is 11.9. The highest BCUT2D eigenvalue weighted by atomic mass is 16.6. The van der Waals surface area contributed by atoms with Gasteiger partial charge in [0.1, 0.15) is 25.3 Å². The number of carboxylic acid groups (broad SMARTS) is 2. The van der Waals surface area contributed by atoms with Crippen LogP contribution in [0, 0.1) is 0 Å². The zero-order chi connectivity index (χ0) is 35.3. The van der Waals surface area contributed by atoms with Gasteiger partial charge in [-0.15, -0.1) is 0 Å². The van der Waals surface area contributed by atoms with Gasteiger partial charge in [-0.25, -0.2) is 19.2 Å². The molecule has 6 rings (SSSR count). The van der Waals surface area contributed by atoms with E-state index in [1.54, 1.807) is 12.4 Å². The normalized spacial score (nSPS) is 11.8. The van der Waals surface area contributed by atoms with E-state index in [9.17, 15) is 29.4 Å². The minimum atomic E-state index is -1.11.